The van der Waals surface area contributed by atoms with Crippen molar-refractivity contribution in [1.29, 1.82) is 0 Å². The molecule has 182 valence electrons. The quantitative estimate of drug-likeness (QED) is 0.234. The van der Waals surface area contributed by atoms with Crippen LogP contribution in [0.15, 0.2) is 72.8 Å². The Labute approximate surface area is 233 Å². The van der Waals surface area contributed by atoms with Crippen LogP contribution < -0.4 is 0 Å². The van der Waals surface area contributed by atoms with Crippen LogP contribution in [-0.2, 0) is 23.2 Å². The molecule has 0 saturated carbocycles. The van der Waals surface area contributed by atoms with E-state index in [0.717, 1.165) is 0 Å². The molecule has 0 aliphatic heterocycles. The SMILES string of the molecule is Cc1ccc(C2=Cc3cc(C)c(C)cc3[CH]2[Zr][CH]2C(c3ccc(C)cc3)=Cc3cc(C)c(C)cc32)cc1. The van der Waals surface area contributed by atoms with Gasteiger partial charge in [-0.25, -0.2) is 0 Å². The normalized spacial score (nSPS) is 17.8. The van der Waals surface area contributed by atoms with Crippen molar-refractivity contribution in [3.63, 3.8) is 0 Å². The van der Waals surface area contributed by atoms with E-state index in [1.54, 1.807) is 11.1 Å². The number of aryl methyl sites for hydroxylation is 6. The Morgan fingerprint density at radius 2 is 0.811 bits per heavy atom. The molecule has 0 fully saturated rings. The van der Waals surface area contributed by atoms with E-state index in [1.165, 1.54) is 66.8 Å². The monoisotopic (exact) mass is 556 g/mol. The molecule has 2 atom stereocenters. The van der Waals surface area contributed by atoms with Crippen LogP contribution in [0.25, 0.3) is 23.3 Å². The third-order valence-corrected chi connectivity index (χ3v) is 13.1. The first-order chi connectivity index (χ1) is 17.8. The van der Waals surface area contributed by atoms with Crippen LogP contribution in [0.4, 0.5) is 0 Å². The third kappa shape index (κ3) is 4.47. The Balaban J connectivity index is 1.49. The van der Waals surface area contributed by atoms with Crippen LogP contribution in [0.1, 0.15) is 74.0 Å². The van der Waals surface area contributed by atoms with E-state index < -0.39 is 23.2 Å². The summed E-state index contributed by atoms with van der Waals surface area (Å²) in [5.41, 5.74) is 20.1. The molecule has 0 bridgehead atoms. The molecule has 6 rings (SSSR count). The van der Waals surface area contributed by atoms with E-state index in [0.29, 0.717) is 7.25 Å². The maximum absolute atomic E-state index is 2.50. The molecule has 2 unspecified atom stereocenters. The van der Waals surface area contributed by atoms with Crippen molar-refractivity contribution in [2.75, 3.05) is 0 Å². The average Bonchev–Trinajstić information content (AvgIpc) is 3.39. The van der Waals surface area contributed by atoms with Crippen molar-refractivity contribution >= 4 is 23.3 Å². The van der Waals surface area contributed by atoms with Crippen molar-refractivity contribution in [3.8, 4) is 0 Å². The molecule has 0 N–H and O–H groups in total. The standard InChI is InChI=1S/2C18H17.Zr/c2*1-12-4-6-15(7-5-12)18-10-16-8-13(2)14(3)9-17(16)11-18;/h2*4-11H,1-3H3;. The van der Waals surface area contributed by atoms with E-state index in [2.05, 4.69) is 126 Å². The Morgan fingerprint density at radius 3 is 1.19 bits per heavy atom. The first-order valence-corrected chi connectivity index (χ1v) is 16.2. The number of hydrogen-bond acceptors (Lipinski definition) is 0. The Kier molecular flexibility index (Phi) is 6.32. The van der Waals surface area contributed by atoms with Gasteiger partial charge in [0.15, 0.2) is 0 Å². The number of fused-ring (bicyclic) bond motifs is 2. The first kappa shape index (κ1) is 24.6. The summed E-state index contributed by atoms with van der Waals surface area (Å²) >= 11 is -1.03. The summed E-state index contributed by atoms with van der Waals surface area (Å²) in [6, 6.07) is 28.3. The van der Waals surface area contributed by atoms with E-state index >= 15 is 0 Å². The molecule has 0 saturated heterocycles. The summed E-state index contributed by atoms with van der Waals surface area (Å²) in [5.74, 6) is 0. The molecule has 0 amide bonds. The molecule has 1 heteroatoms. The molecule has 4 aromatic carbocycles. The topological polar surface area (TPSA) is 0 Å². The minimum atomic E-state index is -1.03. The predicted molar refractivity (Wildman–Crippen MR) is 155 cm³/mol. The van der Waals surface area contributed by atoms with Crippen molar-refractivity contribution in [2.45, 2.75) is 48.8 Å². The van der Waals surface area contributed by atoms with Crippen LogP contribution in [0.2, 0.25) is 0 Å². The molecule has 0 heterocycles. The molecule has 2 aliphatic carbocycles. The fourth-order valence-corrected chi connectivity index (χ4v) is 10.9. The van der Waals surface area contributed by atoms with Gasteiger partial charge in [0.1, 0.15) is 0 Å². The molecule has 0 aromatic heterocycles. The minimum absolute atomic E-state index is 0.534. The molecule has 0 spiro atoms. The fourth-order valence-electron chi connectivity index (χ4n) is 5.83. The number of benzene rings is 4. The number of hydrogen-bond donors (Lipinski definition) is 0. The summed E-state index contributed by atoms with van der Waals surface area (Å²) in [6.07, 6.45) is 5.01. The number of allylic oxidation sites excluding steroid dienone is 2. The van der Waals surface area contributed by atoms with Gasteiger partial charge in [0.05, 0.1) is 0 Å². The zero-order valence-electron chi connectivity index (χ0n) is 22.7. The van der Waals surface area contributed by atoms with Crippen LogP contribution in [0.5, 0.6) is 0 Å². The van der Waals surface area contributed by atoms with Crippen LogP contribution in [-0.4, -0.2) is 0 Å². The second kappa shape index (κ2) is 9.52. The zero-order valence-corrected chi connectivity index (χ0v) is 25.2. The van der Waals surface area contributed by atoms with Gasteiger partial charge in [0.2, 0.25) is 0 Å². The second-order valence-electron chi connectivity index (χ2n) is 11.1. The van der Waals surface area contributed by atoms with E-state index in [-0.39, 0.29) is 0 Å². The Bertz CT molecular complexity index is 1460. The predicted octanol–water partition coefficient (Wildman–Crippen LogP) is 9.51. The van der Waals surface area contributed by atoms with E-state index in [1.807, 2.05) is 0 Å². The molecular weight excluding hydrogens is 524 g/mol. The fraction of sp³-hybridized carbons (Fsp3) is 0.222. The van der Waals surface area contributed by atoms with Crippen LogP contribution >= 0.6 is 0 Å². The summed E-state index contributed by atoms with van der Waals surface area (Å²) in [4.78, 5) is 0. The van der Waals surface area contributed by atoms with Gasteiger partial charge in [0.25, 0.3) is 0 Å². The maximum atomic E-state index is 2.50. The van der Waals surface area contributed by atoms with Crippen molar-refractivity contribution < 1.29 is 23.2 Å². The van der Waals surface area contributed by atoms with Crippen molar-refractivity contribution in [3.05, 3.63) is 140 Å². The van der Waals surface area contributed by atoms with Gasteiger partial charge in [-0.1, -0.05) is 0 Å². The molecule has 4 aromatic rings. The first-order valence-electron chi connectivity index (χ1n) is 13.3. The average molecular weight is 558 g/mol. The molecule has 37 heavy (non-hydrogen) atoms. The van der Waals surface area contributed by atoms with Crippen molar-refractivity contribution in [2.24, 2.45) is 0 Å². The van der Waals surface area contributed by atoms with Gasteiger partial charge in [-0.05, 0) is 0 Å². The zero-order chi connectivity index (χ0) is 25.8. The molecule has 2 aliphatic rings. The van der Waals surface area contributed by atoms with Gasteiger partial charge in [0, 0.05) is 0 Å². The molecular formula is C36H34Zr. The van der Waals surface area contributed by atoms with Crippen molar-refractivity contribution in [1.82, 2.24) is 0 Å². The Morgan fingerprint density at radius 1 is 0.459 bits per heavy atom. The van der Waals surface area contributed by atoms with Gasteiger partial charge in [-0.3, -0.25) is 0 Å². The van der Waals surface area contributed by atoms with Gasteiger partial charge >= 0.3 is 235 Å². The summed E-state index contributed by atoms with van der Waals surface area (Å²) < 4.78 is 1.07. The van der Waals surface area contributed by atoms with E-state index in [4.69, 9.17) is 0 Å². The van der Waals surface area contributed by atoms with E-state index in [9.17, 15) is 0 Å². The summed E-state index contributed by atoms with van der Waals surface area (Å²) in [6.45, 7) is 13.4. The Hall–Kier alpha value is -2.76. The van der Waals surface area contributed by atoms with Crippen LogP contribution in [0.3, 0.4) is 0 Å². The second-order valence-corrected chi connectivity index (χ2v) is 14.8. The summed E-state index contributed by atoms with van der Waals surface area (Å²) in [7, 11) is 0. The number of rotatable bonds is 4. The summed E-state index contributed by atoms with van der Waals surface area (Å²) in [5, 5.41) is 0. The van der Waals surface area contributed by atoms with Crippen LogP contribution in [0, 0.1) is 41.5 Å². The third-order valence-electron chi connectivity index (χ3n) is 8.37. The molecule has 0 radical (unpaired) electrons. The van der Waals surface area contributed by atoms with Gasteiger partial charge in [-0.15, -0.1) is 0 Å². The molecule has 0 nitrogen and oxygen atoms in total. The van der Waals surface area contributed by atoms with Gasteiger partial charge in [-0.2, -0.15) is 0 Å². The van der Waals surface area contributed by atoms with Gasteiger partial charge < -0.3 is 0 Å².